The molecule has 0 N–H and O–H groups in total. The van der Waals surface area contributed by atoms with Crippen LogP contribution >= 0.6 is 0 Å². The van der Waals surface area contributed by atoms with Crippen molar-refractivity contribution in [2.45, 2.75) is 53.4 Å². The van der Waals surface area contributed by atoms with E-state index in [1.165, 1.54) is 0 Å². The molecule has 0 radical (unpaired) electrons. The molecule has 126 valence electrons. The molecule has 0 bridgehead atoms. The molecular formula is C16H28N2O4. The van der Waals surface area contributed by atoms with E-state index in [1.54, 1.807) is 13.8 Å². The first-order chi connectivity index (χ1) is 10.5. The van der Waals surface area contributed by atoms with Gasteiger partial charge in [-0.15, -0.1) is 0 Å². The van der Waals surface area contributed by atoms with Gasteiger partial charge in [-0.25, -0.2) is 0 Å². The highest BCUT2D eigenvalue weighted by Gasteiger charge is 2.04. The summed E-state index contributed by atoms with van der Waals surface area (Å²) in [6, 6.07) is 0. The third-order valence-corrected chi connectivity index (χ3v) is 2.74. The van der Waals surface area contributed by atoms with Gasteiger partial charge in [0.15, 0.2) is 0 Å². The van der Waals surface area contributed by atoms with Crippen LogP contribution in [0.15, 0.2) is 9.98 Å². The zero-order chi connectivity index (χ0) is 16.8. The Morgan fingerprint density at radius 2 is 1.14 bits per heavy atom. The number of rotatable bonds is 11. The first kappa shape index (κ1) is 20.3. The zero-order valence-corrected chi connectivity index (χ0v) is 14.2. The summed E-state index contributed by atoms with van der Waals surface area (Å²) in [5.74, 6) is -0.467. The maximum Gasteiger partial charge on any atom is 0.311 e. The minimum atomic E-state index is -0.233. The number of nitrogens with zero attached hydrogens (tertiary/aromatic N) is 2. The Morgan fingerprint density at radius 3 is 1.45 bits per heavy atom. The second kappa shape index (κ2) is 13.0. The molecule has 0 aliphatic heterocycles. The Kier molecular flexibility index (Phi) is 12.0. The smallest absolute Gasteiger partial charge is 0.311 e. The van der Waals surface area contributed by atoms with Crippen molar-refractivity contribution in [3.63, 3.8) is 0 Å². The van der Waals surface area contributed by atoms with Crippen LogP contribution in [0, 0.1) is 0 Å². The maximum absolute atomic E-state index is 11.2. The summed E-state index contributed by atoms with van der Waals surface area (Å²) in [5, 5.41) is 0. The third-order valence-electron chi connectivity index (χ3n) is 2.74. The van der Waals surface area contributed by atoms with Gasteiger partial charge in [-0.2, -0.15) is 0 Å². The number of carbonyl (C=O) groups is 2. The molecule has 0 fully saturated rings. The van der Waals surface area contributed by atoms with Gasteiger partial charge in [0.2, 0.25) is 0 Å². The fourth-order valence-electron chi connectivity index (χ4n) is 1.72. The van der Waals surface area contributed by atoms with Crippen molar-refractivity contribution < 1.29 is 19.1 Å². The van der Waals surface area contributed by atoms with Crippen molar-refractivity contribution in [1.29, 1.82) is 0 Å². The minimum Gasteiger partial charge on any atom is -0.466 e. The monoisotopic (exact) mass is 312 g/mol. The van der Waals surface area contributed by atoms with E-state index in [0.717, 1.165) is 24.3 Å². The highest BCUT2D eigenvalue weighted by atomic mass is 16.5. The summed E-state index contributed by atoms with van der Waals surface area (Å²) in [5.41, 5.74) is 1.58. The van der Waals surface area contributed by atoms with Crippen molar-refractivity contribution in [2.75, 3.05) is 26.3 Å². The SMILES string of the molecule is CCOC(=O)CC(C)=NCCCCN=C(C)CC(=O)OCC. The van der Waals surface area contributed by atoms with Crippen LogP contribution in [0.1, 0.15) is 53.4 Å². The minimum absolute atomic E-state index is 0.233. The normalized spacial score (nSPS) is 12.2. The topological polar surface area (TPSA) is 77.3 Å². The molecule has 0 saturated carbocycles. The van der Waals surface area contributed by atoms with Crippen molar-refractivity contribution in [3.8, 4) is 0 Å². The summed E-state index contributed by atoms with van der Waals surface area (Å²) in [7, 11) is 0. The van der Waals surface area contributed by atoms with E-state index in [9.17, 15) is 9.59 Å². The van der Waals surface area contributed by atoms with E-state index in [-0.39, 0.29) is 24.8 Å². The zero-order valence-electron chi connectivity index (χ0n) is 14.2. The van der Waals surface area contributed by atoms with E-state index < -0.39 is 0 Å². The molecule has 0 heterocycles. The fraction of sp³-hybridized carbons (Fsp3) is 0.750. The molecule has 0 rings (SSSR count). The predicted molar refractivity (Wildman–Crippen MR) is 87.7 cm³/mol. The van der Waals surface area contributed by atoms with Crippen LogP contribution in [0.2, 0.25) is 0 Å². The predicted octanol–water partition coefficient (Wildman–Crippen LogP) is 2.59. The largest absolute Gasteiger partial charge is 0.466 e. The van der Waals surface area contributed by atoms with Gasteiger partial charge < -0.3 is 9.47 Å². The summed E-state index contributed by atoms with van der Waals surface area (Å²) < 4.78 is 9.71. The molecule has 0 unspecified atom stereocenters. The molecule has 0 atom stereocenters. The fourth-order valence-corrected chi connectivity index (χ4v) is 1.72. The van der Waals surface area contributed by atoms with E-state index >= 15 is 0 Å². The Labute approximate surface area is 133 Å². The molecule has 22 heavy (non-hydrogen) atoms. The van der Waals surface area contributed by atoms with Crippen LogP contribution in [0.4, 0.5) is 0 Å². The molecule has 0 aromatic heterocycles. The molecule has 0 aromatic carbocycles. The second-order valence-corrected chi connectivity index (χ2v) is 4.90. The quantitative estimate of drug-likeness (QED) is 0.334. The van der Waals surface area contributed by atoms with Gasteiger partial charge >= 0.3 is 11.9 Å². The molecule has 0 aliphatic carbocycles. The molecule has 6 heteroatoms. The highest BCUT2D eigenvalue weighted by Crippen LogP contribution is 1.97. The second-order valence-electron chi connectivity index (χ2n) is 4.90. The Balaban J connectivity index is 3.79. The summed E-state index contributed by atoms with van der Waals surface area (Å²) in [6.45, 7) is 9.39. The van der Waals surface area contributed by atoms with Crippen molar-refractivity contribution >= 4 is 23.4 Å². The average Bonchev–Trinajstić information content (AvgIpc) is 2.42. The van der Waals surface area contributed by atoms with Crippen LogP contribution in [0.5, 0.6) is 0 Å². The van der Waals surface area contributed by atoms with Gasteiger partial charge in [0.05, 0.1) is 26.1 Å². The molecule has 0 amide bonds. The summed E-state index contributed by atoms with van der Waals surface area (Å²) in [6.07, 6.45) is 2.31. The van der Waals surface area contributed by atoms with Gasteiger partial charge in [0.25, 0.3) is 0 Å². The van der Waals surface area contributed by atoms with E-state index in [2.05, 4.69) is 9.98 Å². The number of esters is 2. The molecular weight excluding hydrogens is 284 g/mol. The number of hydrogen-bond acceptors (Lipinski definition) is 6. The standard InChI is InChI=1S/C16H28N2O4/c1-5-21-15(19)11-13(3)17-9-7-8-10-18-14(4)12-16(20)22-6-2/h5-12H2,1-4H3. The van der Waals surface area contributed by atoms with Gasteiger partial charge in [-0.1, -0.05) is 0 Å². The number of hydrogen-bond donors (Lipinski definition) is 0. The van der Waals surface area contributed by atoms with Gasteiger partial charge in [0.1, 0.15) is 0 Å². The Hall–Kier alpha value is -1.72. The van der Waals surface area contributed by atoms with Crippen LogP contribution in [0.25, 0.3) is 0 Å². The van der Waals surface area contributed by atoms with Gasteiger partial charge in [-0.05, 0) is 40.5 Å². The van der Waals surface area contributed by atoms with Crippen LogP contribution in [-0.4, -0.2) is 49.7 Å². The molecule has 0 aliphatic rings. The lowest BCUT2D eigenvalue weighted by molar-refractivity contribution is -0.142. The number of aliphatic imine (C=N–C) groups is 2. The molecule has 0 saturated heterocycles. The Bertz CT molecular complexity index is 365. The lowest BCUT2D eigenvalue weighted by atomic mass is 10.2. The van der Waals surface area contributed by atoms with Gasteiger partial charge in [-0.3, -0.25) is 19.6 Å². The third kappa shape index (κ3) is 12.1. The number of ether oxygens (including phenoxy) is 2. The molecule has 6 nitrogen and oxygen atoms in total. The van der Waals surface area contributed by atoms with Crippen LogP contribution in [0.3, 0.4) is 0 Å². The summed E-state index contributed by atoms with van der Waals surface area (Å²) in [4.78, 5) is 31.1. The Morgan fingerprint density at radius 1 is 0.773 bits per heavy atom. The lowest BCUT2D eigenvalue weighted by Gasteiger charge is -2.02. The van der Waals surface area contributed by atoms with E-state index in [1.807, 2.05) is 13.8 Å². The van der Waals surface area contributed by atoms with Crippen molar-refractivity contribution in [1.82, 2.24) is 0 Å². The van der Waals surface area contributed by atoms with Gasteiger partial charge in [0, 0.05) is 24.5 Å². The number of unbranched alkanes of at least 4 members (excludes halogenated alkanes) is 1. The van der Waals surface area contributed by atoms with E-state index in [4.69, 9.17) is 9.47 Å². The van der Waals surface area contributed by atoms with Crippen LogP contribution in [-0.2, 0) is 19.1 Å². The van der Waals surface area contributed by atoms with E-state index in [0.29, 0.717) is 26.3 Å². The first-order valence-electron chi connectivity index (χ1n) is 7.80. The van der Waals surface area contributed by atoms with Crippen molar-refractivity contribution in [2.24, 2.45) is 9.98 Å². The summed E-state index contributed by atoms with van der Waals surface area (Å²) >= 11 is 0. The lowest BCUT2D eigenvalue weighted by Crippen LogP contribution is -2.09. The average molecular weight is 312 g/mol. The highest BCUT2D eigenvalue weighted by molar-refractivity contribution is 5.98. The van der Waals surface area contributed by atoms with Crippen LogP contribution < -0.4 is 0 Å². The number of carbonyl (C=O) groups excluding carboxylic acids is 2. The molecule has 0 aromatic rings. The molecule has 0 spiro atoms. The van der Waals surface area contributed by atoms with Crippen molar-refractivity contribution in [3.05, 3.63) is 0 Å². The first-order valence-corrected chi connectivity index (χ1v) is 7.80. The maximum atomic E-state index is 11.2.